The highest BCUT2D eigenvalue weighted by Crippen LogP contribution is 2.34. The molecule has 0 aliphatic heterocycles. The molecule has 0 heterocycles. The molecule has 1 unspecified atom stereocenters. The third-order valence-electron chi connectivity index (χ3n) is 3.51. The van der Waals surface area contributed by atoms with Gasteiger partial charge in [0.1, 0.15) is 17.4 Å². The molecule has 0 spiro atoms. The highest BCUT2D eigenvalue weighted by molar-refractivity contribution is 5.48. The van der Waals surface area contributed by atoms with Gasteiger partial charge in [0.2, 0.25) is 0 Å². The summed E-state index contributed by atoms with van der Waals surface area (Å²) in [6, 6.07) is 7.15. The molecule has 4 heteroatoms. The van der Waals surface area contributed by atoms with Gasteiger partial charge in [-0.15, -0.1) is 0 Å². The molecule has 112 valence electrons. The third kappa shape index (κ3) is 3.22. The van der Waals surface area contributed by atoms with Gasteiger partial charge in [-0.1, -0.05) is 6.07 Å². The number of benzene rings is 2. The van der Waals surface area contributed by atoms with E-state index in [1.165, 1.54) is 12.1 Å². The van der Waals surface area contributed by atoms with E-state index in [1.54, 1.807) is 14.2 Å². The number of ether oxygens (including phenoxy) is 1. The number of rotatable bonds is 4. The van der Waals surface area contributed by atoms with Crippen molar-refractivity contribution in [3.8, 4) is 5.75 Å². The van der Waals surface area contributed by atoms with E-state index in [0.717, 1.165) is 22.8 Å². The van der Waals surface area contributed by atoms with Crippen LogP contribution in [0.2, 0.25) is 0 Å². The van der Waals surface area contributed by atoms with Crippen LogP contribution in [-0.4, -0.2) is 14.2 Å². The summed E-state index contributed by atoms with van der Waals surface area (Å²) in [4.78, 5) is 0. The van der Waals surface area contributed by atoms with Crippen LogP contribution in [-0.2, 0) is 0 Å². The van der Waals surface area contributed by atoms with Crippen LogP contribution in [0.15, 0.2) is 30.3 Å². The first-order valence-corrected chi connectivity index (χ1v) is 6.74. The van der Waals surface area contributed by atoms with Gasteiger partial charge < -0.3 is 10.1 Å². The zero-order chi connectivity index (χ0) is 15.6. The van der Waals surface area contributed by atoms with Crippen molar-refractivity contribution in [1.82, 2.24) is 5.32 Å². The van der Waals surface area contributed by atoms with Crippen LogP contribution in [0.3, 0.4) is 0 Å². The summed E-state index contributed by atoms with van der Waals surface area (Å²) in [6.45, 7) is 3.94. The molecule has 0 amide bonds. The Labute approximate surface area is 123 Å². The first-order chi connectivity index (χ1) is 9.96. The molecule has 0 radical (unpaired) electrons. The van der Waals surface area contributed by atoms with Crippen LogP contribution in [0.4, 0.5) is 8.78 Å². The smallest absolute Gasteiger partial charge is 0.126 e. The maximum atomic E-state index is 13.5. The van der Waals surface area contributed by atoms with Crippen LogP contribution in [0.25, 0.3) is 0 Å². The fraction of sp³-hybridized carbons (Fsp3) is 0.294. The maximum absolute atomic E-state index is 13.5. The highest BCUT2D eigenvalue weighted by atomic mass is 19.1. The van der Waals surface area contributed by atoms with Crippen molar-refractivity contribution < 1.29 is 13.5 Å². The quantitative estimate of drug-likeness (QED) is 0.922. The number of methoxy groups -OCH3 is 1. The van der Waals surface area contributed by atoms with Crippen molar-refractivity contribution in [3.05, 3.63) is 64.2 Å². The Hall–Kier alpha value is -1.94. The molecule has 0 aromatic heterocycles. The SMILES string of the molecule is CNC(c1cc(F)cc(F)c1)c1c(C)cc(C)cc1OC. The molecule has 2 rings (SSSR count). The van der Waals surface area contributed by atoms with Gasteiger partial charge in [0, 0.05) is 11.6 Å². The first-order valence-electron chi connectivity index (χ1n) is 6.74. The summed E-state index contributed by atoms with van der Waals surface area (Å²) < 4.78 is 32.4. The lowest BCUT2D eigenvalue weighted by Gasteiger charge is -2.23. The van der Waals surface area contributed by atoms with E-state index in [4.69, 9.17) is 4.74 Å². The monoisotopic (exact) mass is 291 g/mol. The molecule has 0 saturated heterocycles. The molecular formula is C17H19F2NO. The van der Waals surface area contributed by atoms with Gasteiger partial charge in [-0.05, 0) is 55.8 Å². The van der Waals surface area contributed by atoms with E-state index >= 15 is 0 Å². The lowest BCUT2D eigenvalue weighted by Crippen LogP contribution is -2.20. The molecule has 2 aromatic carbocycles. The number of aryl methyl sites for hydroxylation is 2. The lowest BCUT2D eigenvalue weighted by molar-refractivity contribution is 0.404. The molecule has 2 nitrogen and oxygen atoms in total. The molecule has 0 fully saturated rings. The minimum Gasteiger partial charge on any atom is -0.496 e. The van der Waals surface area contributed by atoms with Crippen molar-refractivity contribution in [3.63, 3.8) is 0 Å². The van der Waals surface area contributed by atoms with Crippen molar-refractivity contribution in [2.24, 2.45) is 0 Å². The minimum atomic E-state index is -0.589. The van der Waals surface area contributed by atoms with Gasteiger partial charge in [0.15, 0.2) is 0 Å². The zero-order valence-electron chi connectivity index (χ0n) is 12.6. The Kier molecular flexibility index (Phi) is 4.58. The molecule has 2 aromatic rings. The molecule has 0 bridgehead atoms. The Morgan fingerprint density at radius 3 is 2.14 bits per heavy atom. The van der Waals surface area contributed by atoms with E-state index < -0.39 is 11.6 Å². The van der Waals surface area contributed by atoms with Crippen LogP contribution in [0.1, 0.15) is 28.3 Å². The second kappa shape index (κ2) is 6.22. The fourth-order valence-electron chi connectivity index (χ4n) is 2.70. The average molecular weight is 291 g/mol. The Morgan fingerprint density at radius 1 is 1.00 bits per heavy atom. The van der Waals surface area contributed by atoms with Gasteiger partial charge in [-0.3, -0.25) is 0 Å². The molecule has 21 heavy (non-hydrogen) atoms. The topological polar surface area (TPSA) is 21.3 Å². The van der Waals surface area contributed by atoms with Crippen molar-refractivity contribution in [1.29, 1.82) is 0 Å². The number of nitrogens with one attached hydrogen (secondary N) is 1. The van der Waals surface area contributed by atoms with Crippen molar-refractivity contribution in [2.45, 2.75) is 19.9 Å². The van der Waals surface area contributed by atoms with Crippen molar-refractivity contribution in [2.75, 3.05) is 14.2 Å². The van der Waals surface area contributed by atoms with Gasteiger partial charge >= 0.3 is 0 Å². The maximum Gasteiger partial charge on any atom is 0.126 e. The van der Waals surface area contributed by atoms with E-state index in [-0.39, 0.29) is 6.04 Å². The Morgan fingerprint density at radius 2 is 1.62 bits per heavy atom. The van der Waals surface area contributed by atoms with E-state index in [9.17, 15) is 8.78 Å². The molecule has 1 atom stereocenters. The van der Waals surface area contributed by atoms with Crippen LogP contribution >= 0.6 is 0 Å². The fourth-order valence-corrected chi connectivity index (χ4v) is 2.70. The van der Waals surface area contributed by atoms with Crippen LogP contribution in [0.5, 0.6) is 5.75 Å². The third-order valence-corrected chi connectivity index (χ3v) is 3.51. The summed E-state index contributed by atoms with van der Waals surface area (Å²) in [7, 11) is 3.35. The standard InChI is InChI=1S/C17H19F2NO/c1-10-5-11(2)16(15(6-10)21-4)17(20-3)12-7-13(18)9-14(19)8-12/h5-9,17,20H,1-4H3. The largest absolute Gasteiger partial charge is 0.496 e. The van der Waals surface area contributed by atoms with Crippen LogP contribution < -0.4 is 10.1 Å². The summed E-state index contributed by atoms with van der Waals surface area (Å²) in [5, 5.41) is 3.11. The Bertz CT molecular complexity index is 635. The van der Waals surface area contributed by atoms with Gasteiger partial charge in [-0.25, -0.2) is 8.78 Å². The average Bonchev–Trinajstić information content (AvgIpc) is 2.40. The normalized spacial score (nSPS) is 12.3. The van der Waals surface area contributed by atoms with Gasteiger partial charge in [-0.2, -0.15) is 0 Å². The second-order valence-corrected chi connectivity index (χ2v) is 5.12. The number of hydrogen-bond acceptors (Lipinski definition) is 2. The van der Waals surface area contributed by atoms with E-state index in [0.29, 0.717) is 11.3 Å². The summed E-state index contributed by atoms with van der Waals surface area (Å²) in [5.41, 5.74) is 3.50. The van der Waals surface area contributed by atoms with E-state index in [2.05, 4.69) is 5.32 Å². The first kappa shape index (κ1) is 15.4. The summed E-state index contributed by atoms with van der Waals surface area (Å²) >= 11 is 0. The summed E-state index contributed by atoms with van der Waals surface area (Å²) in [5.74, 6) is -0.473. The second-order valence-electron chi connectivity index (χ2n) is 5.12. The molecule has 0 saturated carbocycles. The Balaban J connectivity index is 2.61. The van der Waals surface area contributed by atoms with Gasteiger partial charge in [0.05, 0.1) is 13.2 Å². The van der Waals surface area contributed by atoms with Crippen molar-refractivity contribution >= 4 is 0 Å². The number of hydrogen-bond donors (Lipinski definition) is 1. The molecule has 0 aliphatic carbocycles. The highest BCUT2D eigenvalue weighted by Gasteiger charge is 2.20. The summed E-state index contributed by atoms with van der Waals surface area (Å²) in [6.07, 6.45) is 0. The predicted octanol–water partition coefficient (Wildman–Crippen LogP) is 3.90. The van der Waals surface area contributed by atoms with E-state index in [1.807, 2.05) is 26.0 Å². The number of halogens is 2. The zero-order valence-corrected chi connectivity index (χ0v) is 12.6. The molecule has 1 N–H and O–H groups in total. The lowest BCUT2D eigenvalue weighted by atomic mass is 9.92. The molecule has 0 aliphatic rings. The minimum absolute atomic E-state index is 0.342. The van der Waals surface area contributed by atoms with Crippen LogP contribution in [0, 0.1) is 25.5 Å². The predicted molar refractivity (Wildman–Crippen MR) is 79.7 cm³/mol. The van der Waals surface area contributed by atoms with Gasteiger partial charge in [0.25, 0.3) is 0 Å². The molecular weight excluding hydrogens is 272 g/mol.